The Kier molecular flexibility index (Phi) is 6.00. The second kappa shape index (κ2) is 8.58. The number of phenols is 1. The summed E-state index contributed by atoms with van der Waals surface area (Å²) in [5.74, 6) is -3.99. The molecule has 0 bridgehead atoms. The predicted molar refractivity (Wildman–Crippen MR) is 137 cm³/mol. The van der Waals surface area contributed by atoms with Gasteiger partial charge < -0.3 is 30.6 Å². The second-order valence-electron chi connectivity index (χ2n) is 11.1. The summed E-state index contributed by atoms with van der Waals surface area (Å²) in [5.41, 5.74) is 0.232. The first-order valence-electron chi connectivity index (χ1n) is 12.2. The minimum atomic E-state index is -3.86. The van der Waals surface area contributed by atoms with Crippen molar-refractivity contribution in [1.82, 2.24) is 20.4 Å². The molecule has 6 atom stereocenters. The summed E-state index contributed by atoms with van der Waals surface area (Å²) < 4.78 is 23.5. The number of aromatic hydroxyl groups is 1. The number of β-lactam (4-membered cyclic amide) rings is 2. The van der Waals surface area contributed by atoms with Crippen molar-refractivity contribution in [2.24, 2.45) is 0 Å². The van der Waals surface area contributed by atoms with Crippen molar-refractivity contribution >= 4 is 51.2 Å². The number of carbonyl (C=O) groups excluding carboxylic acids is 4. The SMILES string of the molecule is CC1(C)SC2C(NC(=O)C(NC(=O)[C@@H]3N4C(=O)C[C@H]4S(=O)(=O)C3(C)C)c3ccc(O)cc3)C(=O)N2C1C(=O)O. The number of hydrogen-bond acceptors (Lipinski definition) is 9. The Bertz CT molecular complexity index is 1410. The summed E-state index contributed by atoms with van der Waals surface area (Å²) in [4.78, 5) is 66.2. The fourth-order valence-corrected chi connectivity index (χ4v) is 9.58. The van der Waals surface area contributed by atoms with Crippen LogP contribution in [0.3, 0.4) is 0 Å². The molecular formula is C24H28N4O9S2. The van der Waals surface area contributed by atoms with Crippen LogP contribution in [0.15, 0.2) is 24.3 Å². The third kappa shape index (κ3) is 3.80. The average Bonchev–Trinajstić information content (AvgIpc) is 3.16. The topological polar surface area (TPSA) is 190 Å². The predicted octanol–water partition coefficient (Wildman–Crippen LogP) is -0.685. The molecule has 5 rings (SSSR count). The number of aliphatic carboxylic acids is 1. The largest absolute Gasteiger partial charge is 0.508 e. The van der Waals surface area contributed by atoms with Gasteiger partial charge >= 0.3 is 5.97 Å². The van der Waals surface area contributed by atoms with Gasteiger partial charge in [-0.15, -0.1) is 11.8 Å². The van der Waals surface area contributed by atoms with Gasteiger partial charge in [0.05, 0.1) is 11.2 Å². The third-order valence-electron chi connectivity index (χ3n) is 7.97. The van der Waals surface area contributed by atoms with Crippen LogP contribution in [0, 0.1) is 0 Å². The molecule has 0 spiro atoms. The maximum Gasteiger partial charge on any atom is 0.327 e. The summed E-state index contributed by atoms with van der Waals surface area (Å²) in [6.07, 6.45) is -0.218. The van der Waals surface area contributed by atoms with E-state index in [2.05, 4.69) is 10.6 Å². The average molecular weight is 581 g/mol. The molecule has 4 amide bonds. The number of fused-ring (bicyclic) bond motifs is 2. The lowest BCUT2D eigenvalue weighted by Gasteiger charge is -2.44. The van der Waals surface area contributed by atoms with Gasteiger partial charge in [-0.05, 0) is 45.4 Å². The number of carboxylic acid groups (broad SMARTS) is 1. The molecule has 4 saturated heterocycles. The molecule has 15 heteroatoms. The van der Waals surface area contributed by atoms with E-state index in [1.165, 1.54) is 54.8 Å². The Hall–Kier alpha value is -3.33. The lowest BCUT2D eigenvalue weighted by molar-refractivity contribution is -0.161. The Labute approximate surface area is 228 Å². The van der Waals surface area contributed by atoms with Crippen LogP contribution in [0.4, 0.5) is 0 Å². The number of nitrogens with one attached hydrogen (secondary N) is 2. The van der Waals surface area contributed by atoms with Crippen LogP contribution in [0.5, 0.6) is 5.75 Å². The fourth-order valence-electron chi connectivity index (χ4n) is 5.82. The van der Waals surface area contributed by atoms with E-state index in [1.54, 1.807) is 13.8 Å². The molecule has 4 unspecified atom stereocenters. The van der Waals surface area contributed by atoms with Gasteiger partial charge in [0.15, 0.2) is 9.84 Å². The number of amides is 4. The number of phenolic OH excluding ortho intramolecular Hbond substituents is 1. The Morgan fingerprint density at radius 3 is 2.23 bits per heavy atom. The monoisotopic (exact) mass is 580 g/mol. The lowest BCUT2D eigenvalue weighted by atomic mass is 9.95. The molecule has 0 aromatic heterocycles. The normalized spacial score (nSPS) is 31.8. The first-order chi connectivity index (χ1) is 18.0. The summed E-state index contributed by atoms with van der Waals surface area (Å²) in [7, 11) is -3.86. The van der Waals surface area contributed by atoms with Crippen LogP contribution >= 0.6 is 11.8 Å². The van der Waals surface area contributed by atoms with Crippen molar-refractivity contribution in [1.29, 1.82) is 0 Å². The van der Waals surface area contributed by atoms with Gasteiger partial charge in [0.25, 0.3) is 0 Å². The number of carboxylic acids is 1. The Morgan fingerprint density at radius 2 is 1.67 bits per heavy atom. The molecular weight excluding hydrogens is 552 g/mol. The Balaban J connectivity index is 1.40. The third-order valence-corrected chi connectivity index (χ3v) is 12.3. The standard InChI is InChI=1S/C24H28N4O9S2/c1-23(2)17(22(34)35)28-20(33)15(21(28)38-23)26-18(31)14(10-5-7-11(29)8-6-10)25-19(32)16-24(3,4)39(36,37)13-9-12(30)27(13)16/h5-8,13-17,21,29H,9H2,1-4H3,(H,25,32)(H,26,31)(H,34,35)/t13-,14?,15?,16+,17?,21?/m1/s1. The van der Waals surface area contributed by atoms with Gasteiger partial charge in [0.2, 0.25) is 23.6 Å². The zero-order chi connectivity index (χ0) is 28.8. The van der Waals surface area contributed by atoms with Gasteiger partial charge in [-0.2, -0.15) is 0 Å². The molecule has 210 valence electrons. The van der Waals surface area contributed by atoms with Gasteiger partial charge in [0.1, 0.15) is 40.7 Å². The zero-order valence-corrected chi connectivity index (χ0v) is 23.1. The molecule has 4 aliphatic rings. The first kappa shape index (κ1) is 27.2. The Morgan fingerprint density at radius 1 is 1.05 bits per heavy atom. The van der Waals surface area contributed by atoms with Crippen LogP contribution in [-0.2, 0) is 33.8 Å². The molecule has 39 heavy (non-hydrogen) atoms. The van der Waals surface area contributed by atoms with E-state index in [1.807, 2.05) is 0 Å². The van der Waals surface area contributed by atoms with E-state index in [-0.39, 0.29) is 17.7 Å². The highest BCUT2D eigenvalue weighted by molar-refractivity contribution is 8.01. The van der Waals surface area contributed by atoms with Crippen LogP contribution in [0.1, 0.15) is 45.7 Å². The lowest BCUT2D eigenvalue weighted by Crippen LogP contribution is -2.71. The van der Waals surface area contributed by atoms with Gasteiger partial charge in [-0.3, -0.25) is 19.2 Å². The number of hydrogen-bond donors (Lipinski definition) is 4. The molecule has 4 aliphatic heterocycles. The van der Waals surface area contributed by atoms with Crippen LogP contribution < -0.4 is 10.6 Å². The maximum atomic E-state index is 13.5. The molecule has 1 aromatic carbocycles. The number of carbonyl (C=O) groups is 5. The van der Waals surface area contributed by atoms with Crippen molar-refractivity contribution < 1.29 is 42.6 Å². The number of thioether (sulfide) groups is 1. The molecule has 4 fully saturated rings. The fraction of sp³-hybridized carbons (Fsp3) is 0.542. The molecule has 4 heterocycles. The number of sulfone groups is 1. The molecule has 0 radical (unpaired) electrons. The molecule has 0 aliphatic carbocycles. The first-order valence-corrected chi connectivity index (χ1v) is 14.6. The minimum absolute atomic E-state index is 0.101. The number of benzene rings is 1. The quantitative estimate of drug-likeness (QED) is 0.314. The maximum absolute atomic E-state index is 13.5. The molecule has 13 nitrogen and oxygen atoms in total. The van der Waals surface area contributed by atoms with Crippen LogP contribution in [0.2, 0.25) is 0 Å². The van der Waals surface area contributed by atoms with Crippen LogP contribution in [-0.4, -0.2) is 96.4 Å². The minimum Gasteiger partial charge on any atom is -0.508 e. The van der Waals surface area contributed by atoms with Gasteiger partial charge in [0, 0.05) is 4.75 Å². The van der Waals surface area contributed by atoms with Crippen molar-refractivity contribution in [3.05, 3.63) is 29.8 Å². The highest BCUT2D eigenvalue weighted by Gasteiger charge is 2.68. The molecule has 0 saturated carbocycles. The van der Waals surface area contributed by atoms with Crippen molar-refractivity contribution in [3.63, 3.8) is 0 Å². The van der Waals surface area contributed by atoms with E-state index in [9.17, 15) is 42.6 Å². The summed E-state index contributed by atoms with van der Waals surface area (Å²) in [5, 5.41) is 22.7. The summed E-state index contributed by atoms with van der Waals surface area (Å²) in [6.45, 7) is 6.10. The van der Waals surface area contributed by atoms with E-state index >= 15 is 0 Å². The van der Waals surface area contributed by atoms with Crippen molar-refractivity contribution in [2.75, 3.05) is 0 Å². The van der Waals surface area contributed by atoms with E-state index in [0.29, 0.717) is 0 Å². The number of nitrogens with zero attached hydrogens (tertiary/aromatic N) is 2. The highest BCUT2D eigenvalue weighted by atomic mass is 32.2. The van der Waals surface area contributed by atoms with E-state index < -0.39 is 83.8 Å². The second-order valence-corrected chi connectivity index (χ2v) is 15.6. The molecule has 4 N–H and O–H groups in total. The van der Waals surface area contributed by atoms with Crippen LogP contribution in [0.25, 0.3) is 0 Å². The van der Waals surface area contributed by atoms with Gasteiger partial charge in [-0.1, -0.05) is 12.1 Å². The highest BCUT2D eigenvalue weighted by Crippen LogP contribution is 2.51. The van der Waals surface area contributed by atoms with Crippen molar-refractivity contribution in [3.8, 4) is 5.75 Å². The zero-order valence-electron chi connectivity index (χ0n) is 21.4. The molecule has 1 aromatic rings. The van der Waals surface area contributed by atoms with E-state index in [4.69, 9.17) is 0 Å². The number of rotatable bonds is 6. The smallest absolute Gasteiger partial charge is 0.327 e. The summed E-state index contributed by atoms with van der Waals surface area (Å²) in [6, 6.07) is 0.441. The van der Waals surface area contributed by atoms with Gasteiger partial charge in [-0.25, -0.2) is 13.2 Å². The van der Waals surface area contributed by atoms with Crippen molar-refractivity contribution in [2.45, 2.75) is 78.5 Å². The summed E-state index contributed by atoms with van der Waals surface area (Å²) >= 11 is 1.24. The van der Waals surface area contributed by atoms with E-state index in [0.717, 1.165) is 4.90 Å².